The van der Waals surface area contributed by atoms with E-state index in [4.69, 9.17) is 17.0 Å². The lowest BCUT2D eigenvalue weighted by Crippen LogP contribution is -2.26. The molecular formula is C22H23F3N4O2S. The van der Waals surface area contributed by atoms with Crippen molar-refractivity contribution in [2.24, 2.45) is 0 Å². The number of ether oxygens (including phenoxy) is 1. The second-order valence-corrected chi connectivity index (χ2v) is 7.39. The molecule has 6 nitrogen and oxygen atoms in total. The summed E-state index contributed by atoms with van der Waals surface area (Å²) in [5.41, 5.74) is 0.863. The van der Waals surface area contributed by atoms with Gasteiger partial charge in [0.05, 0.1) is 12.2 Å². The summed E-state index contributed by atoms with van der Waals surface area (Å²) < 4.78 is 45.4. The van der Waals surface area contributed by atoms with E-state index < -0.39 is 11.7 Å². The highest BCUT2D eigenvalue weighted by Gasteiger charge is 2.29. The largest absolute Gasteiger partial charge is 0.494 e. The van der Waals surface area contributed by atoms with Crippen molar-refractivity contribution >= 4 is 18.1 Å². The average Bonchev–Trinajstić information content (AvgIpc) is 3.13. The zero-order valence-corrected chi connectivity index (χ0v) is 18.2. The Kier molecular flexibility index (Phi) is 7.68. The van der Waals surface area contributed by atoms with Crippen LogP contribution in [0.3, 0.4) is 0 Å². The molecule has 0 aliphatic heterocycles. The number of nitrogens with one attached hydrogen (secondary N) is 2. The molecule has 0 radical (unpaired) electrons. The van der Waals surface area contributed by atoms with E-state index in [9.17, 15) is 18.0 Å². The molecule has 0 aliphatic carbocycles. The minimum atomic E-state index is -4.36. The number of alkyl halides is 3. The lowest BCUT2D eigenvalue weighted by atomic mass is 10.1. The van der Waals surface area contributed by atoms with Gasteiger partial charge in [-0.1, -0.05) is 12.1 Å². The van der Waals surface area contributed by atoms with Gasteiger partial charge in [0.25, 0.3) is 0 Å². The van der Waals surface area contributed by atoms with Gasteiger partial charge in [0.1, 0.15) is 5.75 Å². The van der Waals surface area contributed by atoms with Gasteiger partial charge >= 0.3 is 6.18 Å². The number of hydrogen-bond acceptors (Lipinski definition) is 4. The minimum absolute atomic E-state index is 0.183. The van der Waals surface area contributed by atoms with Crippen molar-refractivity contribution in [1.82, 2.24) is 20.1 Å². The molecule has 1 amide bonds. The van der Waals surface area contributed by atoms with Gasteiger partial charge in [-0.2, -0.15) is 18.3 Å². The molecule has 0 bridgehead atoms. The fraction of sp³-hybridized carbons (Fsp3) is 0.318. The van der Waals surface area contributed by atoms with Gasteiger partial charge < -0.3 is 10.1 Å². The molecule has 2 aromatic carbocycles. The van der Waals surface area contributed by atoms with Crippen LogP contribution in [0, 0.1) is 4.77 Å². The summed E-state index contributed by atoms with van der Waals surface area (Å²) in [5, 5.41) is 9.79. The third-order valence-electron chi connectivity index (χ3n) is 4.76. The van der Waals surface area contributed by atoms with E-state index in [0.717, 1.165) is 23.4 Å². The fourth-order valence-electron chi connectivity index (χ4n) is 3.12. The van der Waals surface area contributed by atoms with E-state index in [1.807, 2.05) is 31.2 Å². The predicted octanol–water partition coefficient (Wildman–Crippen LogP) is 4.77. The third kappa shape index (κ3) is 6.19. The number of carbonyl (C=O) groups is 1. The molecule has 0 saturated heterocycles. The highest BCUT2D eigenvalue weighted by atomic mass is 32.1. The second kappa shape index (κ2) is 10.4. The molecule has 32 heavy (non-hydrogen) atoms. The predicted molar refractivity (Wildman–Crippen MR) is 117 cm³/mol. The maximum Gasteiger partial charge on any atom is 0.416 e. The first-order chi connectivity index (χ1) is 15.3. The van der Waals surface area contributed by atoms with E-state index in [1.165, 1.54) is 12.1 Å². The highest BCUT2D eigenvalue weighted by Crippen LogP contribution is 2.29. The topological polar surface area (TPSA) is 71.9 Å². The second-order valence-electron chi connectivity index (χ2n) is 7.01. The van der Waals surface area contributed by atoms with Crippen LogP contribution in [-0.4, -0.2) is 33.8 Å². The van der Waals surface area contributed by atoms with Crippen LogP contribution >= 0.6 is 12.2 Å². The molecular weight excluding hydrogens is 441 g/mol. The van der Waals surface area contributed by atoms with Gasteiger partial charge in [-0.25, -0.2) is 0 Å². The van der Waals surface area contributed by atoms with Crippen LogP contribution in [0.5, 0.6) is 5.75 Å². The maximum atomic E-state index is 12.6. The zero-order valence-electron chi connectivity index (χ0n) is 17.4. The molecule has 2 N–H and O–H groups in total. The average molecular weight is 465 g/mol. The molecule has 0 saturated carbocycles. The molecule has 3 aromatic rings. The Morgan fingerprint density at radius 3 is 2.47 bits per heavy atom. The number of nitrogens with zero attached hydrogens (tertiary/aromatic N) is 2. The lowest BCUT2D eigenvalue weighted by molar-refractivity contribution is -0.137. The lowest BCUT2D eigenvalue weighted by Gasteiger charge is -2.10. The molecule has 0 unspecified atom stereocenters. The van der Waals surface area contributed by atoms with Gasteiger partial charge in [0.2, 0.25) is 5.91 Å². The van der Waals surface area contributed by atoms with Gasteiger partial charge in [-0.3, -0.25) is 14.5 Å². The summed E-state index contributed by atoms with van der Waals surface area (Å²) in [4.78, 5) is 12.2. The number of rotatable bonds is 9. The SMILES string of the molecule is CCOc1ccc(-c2n[nH]c(=S)n2CCC(=O)NCCc2ccc(C(F)(F)F)cc2)cc1. The van der Waals surface area contributed by atoms with Crippen LogP contribution in [0.2, 0.25) is 0 Å². The summed E-state index contributed by atoms with van der Waals surface area (Å²) in [7, 11) is 0. The first-order valence-corrected chi connectivity index (χ1v) is 10.5. The van der Waals surface area contributed by atoms with Crippen molar-refractivity contribution in [3.05, 3.63) is 64.4 Å². The number of hydrogen-bond donors (Lipinski definition) is 2. The van der Waals surface area contributed by atoms with Crippen LogP contribution in [0.15, 0.2) is 48.5 Å². The molecule has 0 spiro atoms. The Morgan fingerprint density at radius 1 is 1.16 bits per heavy atom. The van der Waals surface area contributed by atoms with Crippen molar-refractivity contribution in [3.63, 3.8) is 0 Å². The molecule has 1 heterocycles. The normalized spacial score (nSPS) is 11.4. The van der Waals surface area contributed by atoms with Crippen molar-refractivity contribution in [2.45, 2.75) is 32.5 Å². The zero-order chi connectivity index (χ0) is 23.1. The summed E-state index contributed by atoms with van der Waals surface area (Å²) in [6.07, 6.45) is -3.73. The number of H-pyrrole nitrogens is 1. The van der Waals surface area contributed by atoms with Gasteiger partial charge in [0, 0.05) is 25.1 Å². The monoisotopic (exact) mass is 464 g/mol. The number of carbonyl (C=O) groups excluding carboxylic acids is 1. The molecule has 0 aliphatic rings. The number of aromatic amines is 1. The molecule has 1 aromatic heterocycles. The Balaban J connectivity index is 1.52. The first kappa shape index (κ1) is 23.5. The maximum absolute atomic E-state index is 12.6. The fourth-order valence-corrected chi connectivity index (χ4v) is 3.34. The first-order valence-electron chi connectivity index (χ1n) is 10.1. The van der Waals surface area contributed by atoms with Crippen molar-refractivity contribution < 1.29 is 22.7 Å². The van der Waals surface area contributed by atoms with E-state index >= 15 is 0 Å². The third-order valence-corrected chi connectivity index (χ3v) is 5.07. The van der Waals surface area contributed by atoms with E-state index in [1.54, 1.807) is 4.57 Å². The highest BCUT2D eigenvalue weighted by molar-refractivity contribution is 7.71. The number of benzene rings is 2. The van der Waals surface area contributed by atoms with Gasteiger partial charge in [-0.05, 0) is 67.5 Å². The van der Waals surface area contributed by atoms with Crippen molar-refractivity contribution in [2.75, 3.05) is 13.2 Å². The Hall–Kier alpha value is -3.14. The Labute approximate surface area is 188 Å². The van der Waals surface area contributed by atoms with Crippen molar-refractivity contribution in [1.29, 1.82) is 0 Å². The quantitative estimate of drug-likeness (QED) is 0.448. The van der Waals surface area contributed by atoms with Crippen LogP contribution < -0.4 is 10.1 Å². The summed E-state index contributed by atoms with van der Waals surface area (Å²) in [6, 6.07) is 12.4. The molecule has 170 valence electrons. The van der Waals surface area contributed by atoms with Crippen LogP contribution in [0.4, 0.5) is 13.2 Å². The Morgan fingerprint density at radius 2 is 1.84 bits per heavy atom. The minimum Gasteiger partial charge on any atom is -0.494 e. The van der Waals surface area contributed by atoms with Crippen LogP contribution in [0.25, 0.3) is 11.4 Å². The van der Waals surface area contributed by atoms with Crippen LogP contribution in [0.1, 0.15) is 24.5 Å². The molecule has 3 rings (SSSR count). The summed E-state index contributed by atoms with van der Waals surface area (Å²) in [5.74, 6) is 1.19. The number of halogens is 3. The van der Waals surface area contributed by atoms with Gasteiger partial charge in [-0.15, -0.1) is 0 Å². The van der Waals surface area contributed by atoms with Crippen LogP contribution in [-0.2, 0) is 23.9 Å². The molecule has 0 atom stereocenters. The smallest absolute Gasteiger partial charge is 0.416 e. The number of amides is 1. The van der Waals surface area contributed by atoms with Gasteiger partial charge in [0.15, 0.2) is 10.6 Å². The summed E-state index contributed by atoms with van der Waals surface area (Å²) >= 11 is 5.29. The van der Waals surface area contributed by atoms with Crippen molar-refractivity contribution in [3.8, 4) is 17.1 Å². The standard InChI is InChI=1S/C22H23F3N4O2S/c1-2-31-18-9-5-16(6-10-18)20-27-28-21(32)29(20)14-12-19(30)26-13-11-15-3-7-17(8-4-15)22(23,24)25/h3-10H,2,11-14H2,1H3,(H,26,30)(H,28,32). The summed E-state index contributed by atoms with van der Waals surface area (Å²) in [6.45, 7) is 3.15. The molecule has 10 heteroatoms. The van der Waals surface area contributed by atoms with E-state index in [-0.39, 0.29) is 12.3 Å². The number of aromatic nitrogens is 3. The van der Waals surface area contributed by atoms with E-state index in [2.05, 4.69) is 15.5 Å². The molecule has 0 fully saturated rings. The van der Waals surface area contributed by atoms with E-state index in [0.29, 0.717) is 42.3 Å². The Bertz CT molecular complexity index is 1090.